The van der Waals surface area contributed by atoms with Crippen LogP contribution in [-0.2, 0) is 16.7 Å². The van der Waals surface area contributed by atoms with Crippen molar-refractivity contribution in [1.82, 2.24) is 5.32 Å². The summed E-state index contributed by atoms with van der Waals surface area (Å²) in [7, 11) is 0. The maximum Gasteiger partial charge on any atom is 0.223 e. The molecular weight excluding hydrogens is 314 g/mol. The fourth-order valence-electron chi connectivity index (χ4n) is 4.81. The molecule has 106 valence electrons. The van der Waals surface area contributed by atoms with Crippen LogP contribution in [0.5, 0.6) is 0 Å². The number of carbonyl (C=O) groups is 1. The highest BCUT2D eigenvalue weighted by Gasteiger charge is 2.67. The fourth-order valence-corrected chi connectivity index (χ4v) is 5.15. The van der Waals surface area contributed by atoms with Gasteiger partial charge < -0.3 is 5.32 Å². The van der Waals surface area contributed by atoms with Gasteiger partial charge in [-0.15, -0.1) is 0 Å². The van der Waals surface area contributed by atoms with Crippen LogP contribution in [0.1, 0.15) is 30.4 Å². The average Bonchev–Trinajstić information content (AvgIpc) is 2.93. The number of alkyl halides is 1. The third-order valence-corrected chi connectivity index (χ3v) is 6.30. The first kappa shape index (κ1) is 12.9. The molecule has 2 bridgehead atoms. The van der Waals surface area contributed by atoms with Crippen LogP contribution >= 0.6 is 15.9 Å². The first-order chi connectivity index (χ1) is 9.78. The van der Waals surface area contributed by atoms with Crippen molar-refractivity contribution >= 4 is 21.8 Å². The quantitative estimate of drug-likeness (QED) is 0.839. The summed E-state index contributed by atoms with van der Waals surface area (Å²) in [5.74, 6) is 3.88. The van der Waals surface area contributed by atoms with Crippen molar-refractivity contribution in [3.63, 3.8) is 0 Å². The first-order valence-electron chi connectivity index (χ1n) is 7.69. The van der Waals surface area contributed by atoms with E-state index in [1.165, 1.54) is 30.4 Å². The number of rotatable bonds is 4. The molecule has 1 aromatic carbocycles. The van der Waals surface area contributed by atoms with E-state index in [9.17, 15) is 4.79 Å². The second-order valence-corrected chi connectivity index (χ2v) is 7.25. The largest absolute Gasteiger partial charge is 0.352 e. The van der Waals surface area contributed by atoms with E-state index in [0.29, 0.717) is 18.4 Å². The molecule has 1 N–H and O–H groups in total. The lowest BCUT2D eigenvalue weighted by atomic mass is 10.0. The Labute approximate surface area is 128 Å². The minimum Gasteiger partial charge on any atom is -0.352 e. The van der Waals surface area contributed by atoms with Crippen LogP contribution in [0.2, 0.25) is 0 Å². The lowest BCUT2D eigenvalue weighted by Crippen LogP contribution is -2.27. The van der Waals surface area contributed by atoms with Crippen LogP contribution in [0, 0.1) is 29.6 Å². The molecule has 3 fully saturated rings. The van der Waals surface area contributed by atoms with Gasteiger partial charge in [-0.05, 0) is 54.1 Å². The Morgan fingerprint density at radius 3 is 2.60 bits per heavy atom. The fraction of sp³-hybridized carbons (Fsp3) is 0.588. The van der Waals surface area contributed by atoms with E-state index in [1.54, 1.807) is 0 Å². The molecule has 3 heteroatoms. The van der Waals surface area contributed by atoms with Gasteiger partial charge in [0, 0.05) is 17.8 Å². The van der Waals surface area contributed by atoms with Gasteiger partial charge in [0.1, 0.15) is 0 Å². The van der Waals surface area contributed by atoms with Crippen LogP contribution in [-0.4, -0.2) is 5.91 Å². The van der Waals surface area contributed by atoms with E-state index in [1.807, 2.05) is 0 Å². The molecule has 0 aromatic heterocycles. The summed E-state index contributed by atoms with van der Waals surface area (Å²) in [4.78, 5) is 12.3. The topological polar surface area (TPSA) is 29.1 Å². The summed E-state index contributed by atoms with van der Waals surface area (Å²) in [5, 5.41) is 4.02. The third-order valence-electron chi connectivity index (χ3n) is 5.65. The molecule has 2 nitrogen and oxygen atoms in total. The summed E-state index contributed by atoms with van der Waals surface area (Å²) in [6.07, 6.45) is 4.16. The summed E-state index contributed by atoms with van der Waals surface area (Å²) in [6.45, 7) is 0.672. The second kappa shape index (κ2) is 4.87. The molecule has 0 heterocycles. The van der Waals surface area contributed by atoms with Gasteiger partial charge in [0.15, 0.2) is 0 Å². The highest BCUT2D eigenvalue weighted by atomic mass is 79.9. The van der Waals surface area contributed by atoms with Gasteiger partial charge in [-0.3, -0.25) is 4.79 Å². The number of benzene rings is 1. The zero-order chi connectivity index (χ0) is 13.7. The van der Waals surface area contributed by atoms with Crippen molar-refractivity contribution < 1.29 is 4.79 Å². The minimum atomic E-state index is 0.306. The average molecular weight is 334 g/mol. The van der Waals surface area contributed by atoms with Crippen LogP contribution in [0.4, 0.5) is 0 Å². The molecule has 1 aromatic rings. The van der Waals surface area contributed by atoms with E-state index in [0.717, 1.165) is 29.0 Å². The van der Waals surface area contributed by atoms with Gasteiger partial charge in [0.05, 0.1) is 0 Å². The van der Waals surface area contributed by atoms with Crippen LogP contribution < -0.4 is 5.32 Å². The molecular formula is C17H20BrNO. The highest BCUT2D eigenvalue weighted by Crippen LogP contribution is 2.69. The zero-order valence-electron chi connectivity index (χ0n) is 11.5. The Bertz CT molecular complexity index is 528. The lowest BCUT2D eigenvalue weighted by molar-refractivity contribution is -0.123. The molecule has 3 saturated carbocycles. The van der Waals surface area contributed by atoms with Crippen LogP contribution in [0.3, 0.4) is 0 Å². The highest BCUT2D eigenvalue weighted by molar-refractivity contribution is 9.08. The SMILES string of the molecule is O=C(NCc1cccc(CBr)c1)C1C2C3CCC(C3)C12. The Morgan fingerprint density at radius 1 is 1.20 bits per heavy atom. The Kier molecular flexibility index (Phi) is 3.13. The van der Waals surface area contributed by atoms with E-state index in [2.05, 4.69) is 45.5 Å². The van der Waals surface area contributed by atoms with Gasteiger partial charge in [-0.1, -0.05) is 40.2 Å². The van der Waals surface area contributed by atoms with Crippen molar-refractivity contribution in [3.05, 3.63) is 35.4 Å². The van der Waals surface area contributed by atoms with Crippen LogP contribution in [0.15, 0.2) is 24.3 Å². The van der Waals surface area contributed by atoms with Crippen LogP contribution in [0.25, 0.3) is 0 Å². The summed E-state index contributed by atoms with van der Waals surface area (Å²) in [5.41, 5.74) is 2.46. The summed E-state index contributed by atoms with van der Waals surface area (Å²) >= 11 is 3.47. The molecule has 20 heavy (non-hydrogen) atoms. The Balaban J connectivity index is 1.35. The van der Waals surface area contributed by atoms with E-state index in [-0.39, 0.29) is 0 Å². The molecule has 3 aliphatic rings. The van der Waals surface area contributed by atoms with Crippen molar-refractivity contribution in [2.45, 2.75) is 31.1 Å². The molecule has 4 rings (SSSR count). The van der Waals surface area contributed by atoms with Crippen molar-refractivity contribution in [2.75, 3.05) is 0 Å². The number of carbonyl (C=O) groups excluding carboxylic acids is 1. The molecule has 0 aliphatic heterocycles. The predicted molar refractivity (Wildman–Crippen MR) is 82.2 cm³/mol. The predicted octanol–water partition coefficient (Wildman–Crippen LogP) is 3.49. The number of hydrogen-bond acceptors (Lipinski definition) is 1. The number of amides is 1. The van der Waals surface area contributed by atoms with Crippen molar-refractivity contribution in [1.29, 1.82) is 0 Å². The van der Waals surface area contributed by atoms with Gasteiger partial charge in [-0.25, -0.2) is 0 Å². The van der Waals surface area contributed by atoms with E-state index < -0.39 is 0 Å². The smallest absolute Gasteiger partial charge is 0.223 e. The maximum atomic E-state index is 12.3. The molecule has 0 radical (unpaired) electrons. The summed E-state index contributed by atoms with van der Waals surface area (Å²) in [6, 6.07) is 8.41. The third kappa shape index (κ3) is 2.02. The number of hydrogen-bond donors (Lipinski definition) is 1. The molecule has 4 unspecified atom stereocenters. The first-order valence-corrected chi connectivity index (χ1v) is 8.81. The summed E-state index contributed by atoms with van der Waals surface area (Å²) < 4.78 is 0. The minimum absolute atomic E-state index is 0.306. The maximum absolute atomic E-state index is 12.3. The van der Waals surface area contributed by atoms with Gasteiger partial charge in [-0.2, -0.15) is 0 Å². The van der Waals surface area contributed by atoms with E-state index >= 15 is 0 Å². The van der Waals surface area contributed by atoms with E-state index in [4.69, 9.17) is 0 Å². The molecule has 1 amide bonds. The molecule has 4 atom stereocenters. The zero-order valence-corrected chi connectivity index (χ0v) is 13.1. The Morgan fingerprint density at radius 2 is 1.90 bits per heavy atom. The second-order valence-electron chi connectivity index (χ2n) is 6.69. The Hall–Kier alpha value is -0.830. The lowest BCUT2D eigenvalue weighted by Gasteiger charge is -2.10. The molecule has 0 spiro atoms. The normalized spacial score (nSPS) is 36.8. The van der Waals surface area contributed by atoms with Crippen molar-refractivity contribution in [2.24, 2.45) is 29.6 Å². The molecule has 3 aliphatic carbocycles. The number of halogens is 1. The monoisotopic (exact) mass is 333 g/mol. The molecule has 0 saturated heterocycles. The van der Waals surface area contributed by atoms with Crippen molar-refractivity contribution in [3.8, 4) is 0 Å². The number of nitrogens with one attached hydrogen (secondary N) is 1. The van der Waals surface area contributed by atoms with Gasteiger partial charge in [0.2, 0.25) is 5.91 Å². The van der Waals surface area contributed by atoms with Gasteiger partial charge in [0.25, 0.3) is 0 Å². The number of fused-ring (bicyclic) bond motifs is 5. The van der Waals surface area contributed by atoms with Gasteiger partial charge >= 0.3 is 0 Å². The standard InChI is InChI=1S/C17H20BrNO/c18-8-10-2-1-3-11(6-10)9-19-17(20)16-14-12-4-5-13(7-12)15(14)16/h1-3,6,12-16H,4-5,7-9H2,(H,19,20).